The number of hydrogen-bond donors (Lipinski definition) is 3. The fraction of sp³-hybridized carbons (Fsp3) is 0.474. The first-order valence-corrected chi connectivity index (χ1v) is 9.80. The van der Waals surface area contributed by atoms with Crippen molar-refractivity contribution >= 4 is 23.7 Å². The SMILES string of the molecule is Nc1ccc(-c2nc(NC3CN(C(=O)O)C3)nc(N3CC4CCC(C3)O4)n2)cc1. The van der Waals surface area contributed by atoms with Gasteiger partial charge in [0.05, 0.1) is 18.2 Å². The molecule has 10 nitrogen and oxygen atoms in total. The van der Waals surface area contributed by atoms with Gasteiger partial charge in [-0.1, -0.05) is 0 Å². The van der Waals surface area contributed by atoms with Crippen molar-refractivity contribution in [2.75, 3.05) is 42.1 Å². The van der Waals surface area contributed by atoms with Crippen LogP contribution in [0.3, 0.4) is 0 Å². The minimum atomic E-state index is -0.911. The summed E-state index contributed by atoms with van der Waals surface area (Å²) in [6.07, 6.45) is 1.66. The summed E-state index contributed by atoms with van der Waals surface area (Å²) >= 11 is 0. The van der Waals surface area contributed by atoms with Crippen LogP contribution in [0, 0.1) is 0 Å². The fourth-order valence-electron chi connectivity index (χ4n) is 4.02. The van der Waals surface area contributed by atoms with Gasteiger partial charge in [-0.25, -0.2) is 4.79 Å². The zero-order valence-electron chi connectivity index (χ0n) is 15.9. The molecule has 3 saturated heterocycles. The van der Waals surface area contributed by atoms with Crippen LogP contribution in [0.1, 0.15) is 12.8 Å². The van der Waals surface area contributed by atoms with Crippen LogP contribution in [0.25, 0.3) is 11.4 Å². The van der Waals surface area contributed by atoms with E-state index in [2.05, 4.69) is 20.2 Å². The second kappa shape index (κ2) is 7.03. The molecular formula is C19H23N7O3. The number of fused-ring (bicyclic) bond motifs is 2. The van der Waals surface area contributed by atoms with Gasteiger partial charge in [-0.3, -0.25) is 0 Å². The maximum atomic E-state index is 11.0. The summed E-state index contributed by atoms with van der Waals surface area (Å²) in [6, 6.07) is 7.39. The number of morpholine rings is 1. The van der Waals surface area contributed by atoms with E-state index >= 15 is 0 Å². The zero-order valence-corrected chi connectivity index (χ0v) is 15.9. The molecule has 0 radical (unpaired) electrons. The van der Waals surface area contributed by atoms with Gasteiger partial charge in [-0.2, -0.15) is 15.0 Å². The van der Waals surface area contributed by atoms with Gasteiger partial charge >= 0.3 is 6.09 Å². The van der Waals surface area contributed by atoms with Crippen molar-refractivity contribution in [1.29, 1.82) is 0 Å². The van der Waals surface area contributed by atoms with Crippen molar-refractivity contribution in [3.8, 4) is 11.4 Å². The molecule has 3 aliphatic heterocycles. The Morgan fingerprint density at radius 2 is 1.76 bits per heavy atom. The molecule has 2 unspecified atom stereocenters. The lowest BCUT2D eigenvalue weighted by atomic mass is 10.1. The van der Waals surface area contributed by atoms with Gasteiger partial charge in [0.25, 0.3) is 0 Å². The predicted molar refractivity (Wildman–Crippen MR) is 107 cm³/mol. The highest BCUT2D eigenvalue weighted by molar-refractivity contribution is 5.67. The third-order valence-corrected chi connectivity index (χ3v) is 5.60. The summed E-state index contributed by atoms with van der Waals surface area (Å²) < 4.78 is 5.93. The lowest BCUT2D eigenvalue weighted by Crippen LogP contribution is -2.56. The summed E-state index contributed by atoms with van der Waals surface area (Å²) in [6.45, 7) is 2.35. The lowest BCUT2D eigenvalue weighted by Gasteiger charge is -2.37. The molecule has 1 aromatic carbocycles. The van der Waals surface area contributed by atoms with Gasteiger partial charge in [0.1, 0.15) is 0 Å². The quantitative estimate of drug-likeness (QED) is 0.653. The Morgan fingerprint density at radius 3 is 2.41 bits per heavy atom. The van der Waals surface area contributed by atoms with E-state index in [0.29, 0.717) is 36.5 Å². The number of nitrogens with one attached hydrogen (secondary N) is 1. The van der Waals surface area contributed by atoms with Crippen LogP contribution in [0.2, 0.25) is 0 Å². The number of nitrogens with zero attached hydrogens (tertiary/aromatic N) is 5. The largest absolute Gasteiger partial charge is 0.465 e. The van der Waals surface area contributed by atoms with Crippen molar-refractivity contribution in [3.05, 3.63) is 24.3 Å². The number of carbonyl (C=O) groups is 1. The highest BCUT2D eigenvalue weighted by Gasteiger charge is 2.35. The molecular weight excluding hydrogens is 374 g/mol. The van der Waals surface area contributed by atoms with E-state index in [1.165, 1.54) is 4.90 Å². The van der Waals surface area contributed by atoms with E-state index in [9.17, 15) is 4.79 Å². The Balaban J connectivity index is 1.43. The molecule has 0 saturated carbocycles. The van der Waals surface area contributed by atoms with Crippen molar-refractivity contribution in [1.82, 2.24) is 19.9 Å². The number of nitrogen functional groups attached to an aromatic ring is 1. The fourth-order valence-corrected chi connectivity index (χ4v) is 4.02. The van der Waals surface area contributed by atoms with Crippen LogP contribution in [0.5, 0.6) is 0 Å². The minimum absolute atomic E-state index is 0.0125. The Morgan fingerprint density at radius 1 is 1.07 bits per heavy atom. The van der Waals surface area contributed by atoms with Gasteiger partial charge in [0, 0.05) is 37.4 Å². The summed E-state index contributed by atoms with van der Waals surface area (Å²) in [5.74, 6) is 1.63. The molecule has 3 aliphatic rings. The Bertz CT molecular complexity index is 905. The highest BCUT2D eigenvalue weighted by Crippen LogP contribution is 2.29. The number of rotatable bonds is 4. The second-order valence-electron chi connectivity index (χ2n) is 7.80. The van der Waals surface area contributed by atoms with Crippen LogP contribution in [-0.2, 0) is 4.74 Å². The van der Waals surface area contributed by atoms with E-state index < -0.39 is 6.09 Å². The predicted octanol–water partition coefficient (Wildman–Crippen LogP) is 1.26. The van der Waals surface area contributed by atoms with Gasteiger partial charge in [-0.05, 0) is 37.1 Å². The van der Waals surface area contributed by atoms with Gasteiger partial charge in [-0.15, -0.1) is 0 Å². The summed E-state index contributed by atoms with van der Waals surface area (Å²) in [7, 11) is 0. The maximum Gasteiger partial charge on any atom is 0.407 e. The van der Waals surface area contributed by atoms with Gasteiger partial charge in [0.2, 0.25) is 11.9 Å². The van der Waals surface area contributed by atoms with E-state index in [1.54, 1.807) is 0 Å². The molecule has 29 heavy (non-hydrogen) atoms. The van der Waals surface area contributed by atoms with Gasteiger partial charge < -0.3 is 30.7 Å². The number of anilines is 3. The van der Waals surface area contributed by atoms with Crippen molar-refractivity contribution < 1.29 is 14.6 Å². The summed E-state index contributed by atoms with van der Waals surface area (Å²) in [5, 5.41) is 12.3. The molecule has 10 heteroatoms. The zero-order chi connectivity index (χ0) is 20.0. The normalized spacial score (nSPS) is 23.7. The van der Waals surface area contributed by atoms with Crippen LogP contribution < -0.4 is 16.0 Å². The van der Waals surface area contributed by atoms with Crippen molar-refractivity contribution in [2.24, 2.45) is 0 Å². The third kappa shape index (κ3) is 3.63. The monoisotopic (exact) mass is 397 g/mol. The average Bonchev–Trinajstić information content (AvgIpc) is 3.02. The summed E-state index contributed by atoms with van der Waals surface area (Å²) in [5.41, 5.74) is 7.33. The number of hydrogen-bond acceptors (Lipinski definition) is 8. The number of amides is 1. The second-order valence-corrected chi connectivity index (χ2v) is 7.80. The minimum Gasteiger partial charge on any atom is -0.465 e. The molecule has 2 atom stereocenters. The van der Waals surface area contributed by atoms with Crippen LogP contribution in [0.15, 0.2) is 24.3 Å². The molecule has 5 rings (SSSR count). The molecule has 0 spiro atoms. The van der Waals surface area contributed by atoms with Gasteiger partial charge in [0.15, 0.2) is 5.82 Å². The first kappa shape index (κ1) is 17.9. The number of ether oxygens (including phenoxy) is 1. The molecule has 152 valence electrons. The first-order chi connectivity index (χ1) is 14.0. The number of nitrogens with two attached hydrogens (primary N) is 1. The standard InChI is InChI=1S/C19H23N7O3/c20-12-3-1-11(2-4-12)16-22-17(21-13-7-26(8-13)19(27)28)24-18(23-16)25-9-14-5-6-15(10-25)29-14/h1-4,13-15H,5-10,20H2,(H,27,28)(H,21,22,23,24). The van der Waals surface area contributed by atoms with E-state index in [0.717, 1.165) is 31.5 Å². The molecule has 2 bridgehead atoms. The Kier molecular flexibility index (Phi) is 4.35. The Hall–Kier alpha value is -3.14. The van der Waals surface area contributed by atoms with Crippen LogP contribution >= 0.6 is 0 Å². The molecule has 1 amide bonds. The molecule has 3 fully saturated rings. The van der Waals surface area contributed by atoms with E-state index in [-0.39, 0.29) is 18.2 Å². The number of aromatic nitrogens is 3. The smallest absolute Gasteiger partial charge is 0.407 e. The summed E-state index contributed by atoms with van der Waals surface area (Å²) in [4.78, 5) is 28.4. The molecule has 1 aromatic heterocycles. The van der Waals surface area contributed by atoms with Crippen LogP contribution in [-0.4, -0.2) is 75.5 Å². The third-order valence-electron chi connectivity index (χ3n) is 5.60. The number of likely N-dealkylation sites (tertiary alicyclic amines) is 1. The lowest BCUT2D eigenvalue weighted by molar-refractivity contribution is 0.0299. The van der Waals surface area contributed by atoms with E-state index in [1.807, 2.05) is 24.3 Å². The maximum absolute atomic E-state index is 11.0. The van der Waals surface area contributed by atoms with Crippen molar-refractivity contribution in [3.63, 3.8) is 0 Å². The molecule has 2 aromatic rings. The molecule has 0 aliphatic carbocycles. The number of benzene rings is 1. The highest BCUT2D eigenvalue weighted by atomic mass is 16.5. The van der Waals surface area contributed by atoms with E-state index in [4.69, 9.17) is 20.6 Å². The van der Waals surface area contributed by atoms with Crippen LogP contribution in [0.4, 0.5) is 22.4 Å². The molecule has 4 N–H and O–H groups in total. The number of carboxylic acid groups (broad SMARTS) is 1. The Labute approximate surface area is 167 Å². The van der Waals surface area contributed by atoms with Crippen molar-refractivity contribution in [2.45, 2.75) is 31.1 Å². The average molecular weight is 397 g/mol. The first-order valence-electron chi connectivity index (χ1n) is 9.80. The molecule has 4 heterocycles. The topological polar surface area (TPSA) is 130 Å².